The highest BCUT2D eigenvalue weighted by Crippen LogP contribution is 2.32. The molecule has 1 N–H and O–H groups in total. The smallest absolute Gasteiger partial charge is 0.264 e. The maximum absolute atomic E-state index is 13.8. The Morgan fingerprint density at radius 2 is 1.62 bits per heavy atom. The number of hydrogen-bond acceptors (Lipinski definition) is 5. The summed E-state index contributed by atoms with van der Waals surface area (Å²) in [5.74, 6) is -0.507. The first-order valence-electron chi connectivity index (χ1n) is 11.7. The first-order valence-corrected chi connectivity index (χ1v) is 13.5. The number of halogens is 1. The number of rotatable bonds is 11. The van der Waals surface area contributed by atoms with Crippen LogP contribution in [0.5, 0.6) is 5.75 Å². The van der Waals surface area contributed by atoms with Crippen LogP contribution in [-0.2, 0) is 26.2 Å². The van der Waals surface area contributed by atoms with Gasteiger partial charge in [-0.3, -0.25) is 13.9 Å². The maximum atomic E-state index is 13.8. The standard InChI is InChI=1S/C27H30ClN3O5S/c1-4-24(27(33)29-2)30(18-20-11-7-5-8-12-20)26(32)19-31(21-15-16-25(36-3)23(28)17-21)37(34,35)22-13-9-6-10-14-22/h5-17,24H,4,18-19H2,1-3H3,(H,29,33). The number of likely N-dealkylation sites (N-methyl/N-ethyl adjacent to an activating group) is 1. The Hall–Kier alpha value is -3.56. The van der Waals surface area contributed by atoms with Crippen molar-refractivity contribution < 1.29 is 22.7 Å². The molecule has 0 aliphatic heterocycles. The van der Waals surface area contributed by atoms with Gasteiger partial charge in [0.05, 0.1) is 22.7 Å². The lowest BCUT2D eigenvalue weighted by Crippen LogP contribution is -2.51. The largest absolute Gasteiger partial charge is 0.495 e. The lowest BCUT2D eigenvalue weighted by atomic mass is 10.1. The Bertz CT molecular complexity index is 1320. The van der Waals surface area contributed by atoms with Crippen molar-refractivity contribution in [2.45, 2.75) is 30.8 Å². The number of hydrogen-bond donors (Lipinski definition) is 1. The van der Waals surface area contributed by atoms with Crippen LogP contribution in [0.1, 0.15) is 18.9 Å². The highest BCUT2D eigenvalue weighted by molar-refractivity contribution is 7.92. The van der Waals surface area contributed by atoms with Crippen LogP contribution in [0.25, 0.3) is 0 Å². The fourth-order valence-electron chi connectivity index (χ4n) is 3.93. The van der Waals surface area contributed by atoms with E-state index < -0.39 is 28.5 Å². The molecule has 0 bridgehead atoms. The van der Waals surface area contributed by atoms with E-state index in [0.717, 1.165) is 9.87 Å². The third-order valence-corrected chi connectivity index (χ3v) is 7.94. The van der Waals surface area contributed by atoms with E-state index in [2.05, 4.69) is 5.32 Å². The molecule has 0 heterocycles. The van der Waals surface area contributed by atoms with Gasteiger partial charge in [0.1, 0.15) is 18.3 Å². The summed E-state index contributed by atoms with van der Waals surface area (Å²) in [5, 5.41) is 2.80. The molecule has 0 aromatic heterocycles. The molecule has 196 valence electrons. The van der Waals surface area contributed by atoms with Crippen LogP contribution in [-0.4, -0.2) is 51.9 Å². The Balaban J connectivity index is 2.07. The molecule has 0 aliphatic carbocycles. The van der Waals surface area contributed by atoms with Gasteiger partial charge < -0.3 is 15.0 Å². The quantitative estimate of drug-likeness (QED) is 0.393. The molecule has 0 saturated heterocycles. The maximum Gasteiger partial charge on any atom is 0.264 e. The molecule has 1 unspecified atom stereocenters. The molecule has 2 amide bonds. The normalized spacial score (nSPS) is 11.9. The van der Waals surface area contributed by atoms with Gasteiger partial charge in [0.2, 0.25) is 11.8 Å². The number of nitrogens with one attached hydrogen (secondary N) is 1. The van der Waals surface area contributed by atoms with Gasteiger partial charge in [0, 0.05) is 13.6 Å². The summed E-state index contributed by atoms with van der Waals surface area (Å²) in [5.41, 5.74) is 0.999. The van der Waals surface area contributed by atoms with E-state index in [-0.39, 0.29) is 28.1 Å². The van der Waals surface area contributed by atoms with Gasteiger partial charge in [-0.05, 0) is 42.3 Å². The number of carbonyl (C=O) groups is 2. The second-order valence-electron chi connectivity index (χ2n) is 8.19. The summed E-state index contributed by atoms with van der Waals surface area (Å²) in [4.78, 5) is 27.9. The zero-order valence-corrected chi connectivity index (χ0v) is 22.5. The molecule has 0 radical (unpaired) electrons. The van der Waals surface area contributed by atoms with Gasteiger partial charge in [-0.2, -0.15) is 0 Å². The molecule has 0 spiro atoms. The molecule has 0 aliphatic rings. The Morgan fingerprint density at radius 1 is 1.00 bits per heavy atom. The van der Waals surface area contributed by atoms with Crippen LogP contribution < -0.4 is 14.4 Å². The van der Waals surface area contributed by atoms with E-state index in [9.17, 15) is 18.0 Å². The summed E-state index contributed by atoms with van der Waals surface area (Å²) in [6, 6.07) is 20.8. The van der Waals surface area contributed by atoms with E-state index >= 15 is 0 Å². The van der Waals surface area contributed by atoms with Crippen LogP contribution in [0.2, 0.25) is 5.02 Å². The lowest BCUT2D eigenvalue weighted by Gasteiger charge is -2.33. The van der Waals surface area contributed by atoms with Crippen molar-refractivity contribution in [1.29, 1.82) is 0 Å². The zero-order valence-electron chi connectivity index (χ0n) is 20.9. The van der Waals surface area contributed by atoms with Crippen molar-refractivity contribution in [1.82, 2.24) is 10.2 Å². The number of methoxy groups -OCH3 is 1. The van der Waals surface area contributed by atoms with Gasteiger partial charge in [-0.1, -0.05) is 67.1 Å². The van der Waals surface area contributed by atoms with Gasteiger partial charge in [0.15, 0.2) is 0 Å². The van der Waals surface area contributed by atoms with Crippen LogP contribution in [0.3, 0.4) is 0 Å². The minimum Gasteiger partial charge on any atom is -0.495 e. The molecule has 1 atom stereocenters. The minimum absolute atomic E-state index is 0.0164. The molecule has 3 aromatic rings. The monoisotopic (exact) mass is 543 g/mol. The Morgan fingerprint density at radius 3 is 2.16 bits per heavy atom. The number of sulfonamides is 1. The molecule has 8 nitrogen and oxygen atoms in total. The summed E-state index contributed by atoms with van der Waals surface area (Å²) in [6.07, 6.45) is 0.345. The highest BCUT2D eigenvalue weighted by atomic mass is 35.5. The van der Waals surface area contributed by atoms with Crippen LogP contribution in [0, 0.1) is 0 Å². The number of nitrogens with zero attached hydrogens (tertiary/aromatic N) is 2. The summed E-state index contributed by atoms with van der Waals surface area (Å²) in [7, 11) is -1.21. The summed E-state index contributed by atoms with van der Waals surface area (Å²) in [6.45, 7) is 1.39. The number of amides is 2. The van der Waals surface area contributed by atoms with Crippen molar-refractivity contribution in [2.75, 3.05) is 25.0 Å². The molecule has 10 heteroatoms. The second-order valence-corrected chi connectivity index (χ2v) is 10.5. The van der Waals surface area contributed by atoms with Gasteiger partial charge in [-0.25, -0.2) is 8.42 Å². The van der Waals surface area contributed by atoms with Gasteiger partial charge >= 0.3 is 0 Å². The second kappa shape index (κ2) is 12.6. The van der Waals surface area contributed by atoms with E-state index in [4.69, 9.17) is 16.3 Å². The van der Waals surface area contributed by atoms with Crippen LogP contribution in [0.4, 0.5) is 5.69 Å². The number of carbonyl (C=O) groups excluding carboxylic acids is 2. The molecule has 3 aromatic carbocycles. The third kappa shape index (κ3) is 6.61. The van der Waals surface area contributed by atoms with Gasteiger partial charge in [-0.15, -0.1) is 0 Å². The minimum atomic E-state index is -4.16. The molecular formula is C27H30ClN3O5S. The van der Waals surface area contributed by atoms with Crippen LogP contribution in [0.15, 0.2) is 83.8 Å². The molecule has 3 rings (SSSR count). The predicted molar refractivity (Wildman–Crippen MR) is 144 cm³/mol. The van der Waals surface area contributed by atoms with Crippen molar-refractivity contribution in [2.24, 2.45) is 0 Å². The highest BCUT2D eigenvalue weighted by Gasteiger charge is 2.33. The van der Waals surface area contributed by atoms with Gasteiger partial charge in [0.25, 0.3) is 10.0 Å². The zero-order chi connectivity index (χ0) is 27.0. The number of benzene rings is 3. The molecular weight excluding hydrogens is 514 g/mol. The number of ether oxygens (including phenoxy) is 1. The van der Waals surface area contributed by atoms with Crippen molar-refractivity contribution in [3.05, 3.63) is 89.4 Å². The van der Waals surface area contributed by atoms with Crippen molar-refractivity contribution in [3.63, 3.8) is 0 Å². The third-order valence-electron chi connectivity index (χ3n) is 5.86. The topological polar surface area (TPSA) is 96.0 Å². The Kier molecular flexibility index (Phi) is 9.54. The predicted octanol–water partition coefficient (Wildman–Crippen LogP) is 4.10. The SMILES string of the molecule is CCC(C(=O)NC)N(Cc1ccccc1)C(=O)CN(c1ccc(OC)c(Cl)c1)S(=O)(=O)c1ccccc1. The van der Waals surface area contributed by atoms with E-state index in [1.54, 1.807) is 25.1 Å². The summed E-state index contributed by atoms with van der Waals surface area (Å²) < 4.78 is 33.7. The van der Waals surface area contributed by atoms with E-state index in [1.165, 1.54) is 49.4 Å². The van der Waals surface area contributed by atoms with Crippen molar-refractivity contribution >= 4 is 39.1 Å². The lowest BCUT2D eigenvalue weighted by molar-refractivity contribution is -0.140. The van der Waals surface area contributed by atoms with Crippen LogP contribution >= 0.6 is 11.6 Å². The first-order chi connectivity index (χ1) is 17.7. The molecule has 0 fully saturated rings. The average molecular weight is 544 g/mol. The number of anilines is 1. The molecule has 0 saturated carbocycles. The van der Waals surface area contributed by atoms with E-state index in [1.807, 2.05) is 30.3 Å². The fourth-order valence-corrected chi connectivity index (χ4v) is 5.60. The fraction of sp³-hybridized carbons (Fsp3) is 0.259. The van der Waals surface area contributed by atoms with Crippen molar-refractivity contribution in [3.8, 4) is 5.75 Å². The molecule has 37 heavy (non-hydrogen) atoms. The average Bonchev–Trinajstić information content (AvgIpc) is 2.92. The first kappa shape index (κ1) is 28.0. The summed E-state index contributed by atoms with van der Waals surface area (Å²) >= 11 is 6.31. The van der Waals surface area contributed by atoms with E-state index in [0.29, 0.717) is 12.2 Å². The Labute approximate surface area is 222 Å².